The van der Waals surface area contributed by atoms with Gasteiger partial charge < -0.3 is 0 Å². The molecule has 2 aromatic carbocycles. The topological polar surface area (TPSA) is 0 Å². The Morgan fingerprint density at radius 2 is 1.10 bits per heavy atom. The van der Waals surface area contributed by atoms with E-state index in [-0.39, 0.29) is 0 Å². The third-order valence-electron chi connectivity index (χ3n) is 3.90. The van der Waals surface area contributed by atoms with Crippen molar-refractivity contribution in [1.82, 2.24) is 0 Å². The van der Waals surface area contributed by atoms with Crippen molar-refractivity contribution in [3.8, 4) is 0 Å². The molecule has 0 aromatic heterocycles. The highest BCUT2D eigenvalue weighted by Crippen LogP contribution is 2.24. The van der Waals surface area contributed by atoms with Gasteiger partial charge in [0.1, 0.15) is 0 Å². The normalized spacial score (nSPS) is 10.4. The fraction of sp³-hybridized carbons (Fsp3) is 0.333. The Bertz CT molecular complexity index is 519. The molecule has 0 bridgehead atoms. The largest absolute Gasteiger partial charge is 0.0792 e. The van der Waals surface area contributed by atoms with E-state index in [1.807, 2.05) is 0 Å². The van der Waals surface area contributed by atoms with Gasteiger partial charge in [0.2, 0.25) is 0 Å². The molecular formula is C21H26. The van der Waals surface area contributed by atoms with E-state index in [1.54, 1.807) is 0 Å². The fourth-order valence-corrected chi connectivity index (χ4v) is 2.78. The van der Waals surface area contributed by atoms with Gasteiger partial charge in [-0.1, -0.05) is 81.3 Å². The zero-order valence-corrected chi connectivity index (χ0v) is 13.5. The molecule has 0 radical (unpaired) electrons. The lowest BCUT2D eigenvalue weighted by atomic mass is 9.95. The van der Waals surface area contributed by atoms with Gasteiger partial charge in [-0.2, -0.15) is 0 Å². The minimum Gasteiger partial charge on any atom is -0.0792 e. The van der Waals surface area contributed by atoms with Crippen molar-refractivity contribution in [3.05, 3.63) is 76.9 Å². The van der Waals surface area contributed by atoms with E-state index in [4.69, 9.17) is 0 Å². The number of allylic oxidation sites excluding steroid dienone is 1. The highest BCUT2D eigenvalue weighted by Gasteiger charge is 2.04. The third-order valence-corrected chi connectivity index (χ3v) is 3.90. The Morgan fingerprint density at radius 3 is 1.38 bits per heavy atom. The van der Waals surface area contributed by atoms with Crippen LogP contribution < -0.4 is 0 Å². The summed E-state index contributed by atoms with van der Waals surface area (Å²) < 4.78 is 0. The zero-order chi connectivity index (χ0) is 15.1. The molecule has 0 atom stereocenters. The molecule has 0 saturated carbocycles. The van der Waals surface area contributed by atoms with Crippen molar-refractivity contribution < 1.29 is 0 Å². The highest BCUT2D eigenvalue weighted by atomic mass is 14.1. The van der Waals surface area contributed by atoms with Gasteiger partial charge in [-0.3, -0.25) is 0 Å². The van der Waals surface area contributed by atoms with Gasteiger partial charge in [-0.05, 0) is 47.6 Å². The van der Waals surface area contributed by atoms with Gasteiger partial charge in [0.15, 0.2) is 0 Å². The van der Waals surface area contributed by atoms with E-state index in [0.29, 0.717) is 0 Å². The van der Waals surface area contributed by atoms with Crippen LogP contribution in [0.5, 0.6) is 0 Å². The Kier molecular flexibility index (Phi) is 5.80. The van der Waals surface area contributed by atoms with Crippen molar-refractivity contribution in [2.75, 3.05) is 0 Å². The van der Waals surface area contributed by atoms with E-state index < -0.39 is 0 Å². The molecule has 0 N–H and O–H groups in total. The van der Waals surface area contributed by atoms with Crippen molar-refractivity contribution in [2.45, 2.75) is 46.5 Å². The minimum atomic E-state index is 1.16. The maximum absolute atomic E-state index is 2.26. The molecule has 110 valence electrons. The van der Waals surface area contributed by atoms with Crippen molar-refractivity contribution >= 4 is 5.57 Å². The zero-order valence-electron chi connectivity index (χ0n) is 13.5. The molecule has 0 fully saturated rings. The smallest absolute Gasteiger partial charge is 0.0154 e. The van der Waals surface area contributed by atoms with Crippen LogP contribution in [0.3, 0.4) is 0 Å². The average Bonchev–Trinajstić information content (AvgIpc) is 2.52. The predicted molar refractivity (Wildman–Crippen MR) is 93.6 cm³/mol. The standard InChI is InChI=1S/C21H26/c1-4-7-17-9-13-19(14-10-17)21(6-3)20-15-11-18(8-5-2)12-16-20/h6,9-16H,4-5,7-8H2,1-3H3. The molecule has 2 aromatic rings. The van der Waals surface area contributed by atoms with Gasteiger partial charge in [-0.25, -0.2) is 0 Å². The van der Waals surface area contributed by atoms with Crippen LogP contribution in [0.25, 0.3) is 5.57 Å². The predicted octanol–water partition coefficient (Wildman–Crippen LogP) is 6.04. The number of hydrogen-bond acceptors (Lipinski definition) is 0. The van der Waals surface area contributed by atoms with E-state index in [0.717, 1.165) is 12.8 Å². The summed E-state index contributed by atoms with van der Waals surface area (Å²) in [6.45, 7) is 6.57. The SMILES string of the molecule is CC=C(c1ccc(CCC)cc1)c1ccc(CCC)cc1. The molecule has 2 rings (SSSR count). The molecule has 0 spiro atoms. The molecule has 0 nitrogen and oxygen atoms in total. The lowest BCUT2D eigenvalue weighted by molar-refractivity contribution is 0.921. The van der Waals surface area contributed by atoms with Crippen LogP contribution >= 0.6 is 0 Å². The summed E-state index contributed by atoms with van der Waals surface area (Å²) in [6.07, 6.45) is 6.95. The Morgan fingerprint density at radius 1 is 0.714 bits per heavy atom. The summed E-state index contributed by atoms with van der Waals surface area (Å²) in [6, 6.07) is 18.0. The minimum absolute atomic E-state index is 1.16. The molecule has 0 aliphatic carbocycles. The molecule has 0 aliphatic heterocycles. The van der Waals surface area contributed by atoms with Crippen LogP contribution in [0.4, 0.5) is 0 Å². The third kappa shape index (κ3) is 4.07. The van der Waals surface area contributed by atoms with E-state index >= 15 is 0 Å². The maximum atomic E-state index is 2.26. The second kappa shape index (κ2) is 7.83. The molecular weight excluding hydrogens is 252 g/mol. The first-order chi connectivity index (χ1) is 10.3. The number of rotatable bonds is 6. The molecule has 0 saturated heterocycles. The van der Waals surface area contributed by atoms with Crippen LogP contribution in [0.2, 0.25) is 0 Å². The number of benzene rings is 2. The summed E-state index contributed by atoms with van der Waals surface area (Å²) in [7, 11) is 0. The van der Waals surface area contributed by atoms with Crippen LogP contribution in [0, 0.1) is 0 Å². The molecule has 0 amide bonds. The van der Waals surface area contributed by atoms with Gasteiger partial charge in [0.05, 0.1) is 0 Å². The average molecular weight is 278 g/mol. The Balaban J connectivity index is 2.22. The number of hydrogen-bond donors (Lipinski definition) is 0. The monoisotopic (exact) mass is 278 g/mol. The van der Waals surface area contributed by atoms with E-state index in [9.17, 15) is 0 Å². The van der Waals surface area contributed by atoms with Crippen LogP contribution in [-0.2, 0) is 12.8 Å². The Hall–Kier alpha value is -1.82. The maximum Gasteiger partial charge on any atom is -0.0154 e. The van der Waals surface area contributed by atoms with Crippen molar-refractivity contribution in [2.24, 2.45) is 0 Å². The van der Waals surface area contributed by atoms with Gasteiger partial charge in [0.25, 0.3) is 0 Å². The summed E-state index contributed by atoms with van der Waals surface area (Å²) in [4.78, 5) is 0. The van der Waals surface area contributed by atoms with E-state index in [1.165, 1.54) is 40.7 Å². The second-order valence-electron chi connectivity index (χ2n) is 5.60. The van der Waals surface area contributed by atoms with Crippen LogP contribution in [-0.4, -0.2) is 0 Å². The lowest BCUT2D eigenvalue weighted by Gasteiger charge is -2.10. The van der Waals surface area contributed by atoms with Gasteiger partial charge in [-0.15, -0.1) is 0 Å². The summed E-state index contributed by atoms with van der Waals surface area (Å²) in [5, 5.41) is 0. The fourth-order valence-electron chi connectivity index (χ4n) is 2.78. The summed E-state index contributed by atoms with van der Waals surface area (Å²) in [5.74, 6) is 0. The van der Waals surface area contributed by atoms with Crippen LogP contribution in [0.1, 0.15) is 55.9 Å². The summed E-state index contributed by atoms with van der Waals surface area (Å²) in [5.41, 5.74) is 6.78. The van der Waals surface area contributed by atoms with Crippen LogP contribution in [0.15, 0.2) is 54.6 Å². The molecule has 0 unspecified atom stereocenters. The van der Waals surface area contributed by atoms with Crippen molar-refractivity contribution in [3.63, 3.8) is 0 Å². The highest BCUT2D eigenvalue weighted by molar-refractivity contribution is 5.79. The lowest BCUT2D eigenvalue weighted by Crippen LogP contribution is -1.91. The van der Waals surface area contributed by atoms with Crippen molar-refractivity contribution in [1.29, 1.82) is 0 Å². The quantitative estimate of drug-likeness (QED) is 0.604. The Labute approximate surface area is 129 Å². The van der Waals surface area contributed by atoms with Gasteiger partial charge >= 0.3 is 0 Å². The molecule has 0 heterocycles. The molecule has 21 heavy (non-hydrogen) atoms. The first-order valence-electron chi connectivity index (χ1n) is 8.13. The number of aryl methyl sites for hydroxylation is 2. The first kappa shape index (κ1) is 15.6. The first-order valence-corrected chi connectivity index (χ1v) is 8.13. The van der Waals surface area contributed by atoms with Gasteiger partial charge in [0, 0.05) is 0 Å². The molecule has 0 aliphatic rings. The summed E-state index contributed by atoms with van der Waals surface area (Å²) >= 11 is 0. The second-order valence-corrected chi connectivity index (χ2v) is 5.60. The molecule has 0 heteroatoms. The van der Waals surface area contributed by atoms with E-state index in [2.05, 4.69) is 75.4 Å².